The smallest absolute Gasteiger partial charge is 0.407 e. The highest BCUT2D eigenvalue weighted by Crippen LogP contribution is 2.34. The number of amides is 2. The van der Waals surface area contributed by atoms with Gasteiger partial charge in [0.2, 0.25) is 5.75 Å². The molecule has 0 radical (unpaired) electrons. The Labute approximate surface area is 169 Å². The van der Waals surface area contributed by atoms with Gasteiger partial charge in [-0.05, 0) is 53.0 Å². The summed E-state index contributed by atoms with van der Waals surface area (Å²) in [7, 11) is 1.30. The lowest BCUT2D eigenvalue weighted by Gasteiger charge is -2.33. The number of unbranched alkanes of at least 4 members (excludes halogenated alkanes) is 1. The van der Waals surface area contributed by atoms with Gasteiger partial charge in [-0.3, -0.25) is 14.9 Å². The second kappa shape index (κ2) is 9.94. The topological polar surface area (TPSA) is 142 Å². The van der Waals surface area contributed by atoms with Crippen LogP contribution in [0.2, 0.25) is 0 Å². The third-order valence-corrected chi connectivity index (χ3v) is 4.43. The van der Waals surface area contributed by atoms with Crippen molar-refractivity contribution in [3.63, 3.8) is 0 Å². The summed E-state index contributed by atoms with van der Waals surface area (Å²) >= 11 is 0. The maximum absolute atomic E-state index is 12.4. The molecule has 1 unspecified atom stereocenters. The summed E-state index contributed by atoms with van der Waals surface area (Å²) in [5, 5.41) is 33.1. The maximum Gasteiger partial charge on any atom is 0.407 e. The largest absolute Gasteiger partial charge is 0.502 e. The summed E-state index contributed by atoms with van der Waals surface area (Å²) < 4.78 is 4.96. The molecule has 0 aliphatic carbocycles. The van der Waals surface area contributed by atoms with Crippen molar-refractivity contribution >= 4 is 17.7 Å². The lowest BCUT2D eigenvalue weighted by molar-refractivity contribution is -0.386. The van der Waals surface area contributed by atoms with E-state index in [0.717, 1.165) is 6.07 Å². The fourth-order valence-corrected chi connectivity index (χ4v) is 2.84. The van der Waals surface area contributed by atoms with E-state index >= 15 is 0 Å². The first-order chi connectivity index (χ1) is 13.4. The number of nitrogens with zero attached hydrogens (tertiary/aromatic N) is 2. The Kier molecular flexibility index (Phi) is 8.23. The van der Waals surface area contributed by atoms with E-state index < -0.39 is 33.9 Å². The number of carbonyl (C=O) groups excluding carboxylic acids is 1. The third-order valence-electron chi connectivity index (χ3n) is 4.43. The predicted octanol–water partition coefficient (Wildman–Crippen LogP) is 3.38. The van der Waals surface area contributed by atoms with Crippen molar-refractivity contribution in [1.82, 2.24) is 10.2 Å². The fraction of sp³-hybridized carbons (Fsp3) is 0.579. The minimum absolute atomic E-state index is 0.0863. The summed E-state index contributed by atoms with van der Waals surface area (Å²) in [6.45, 7) is 7.61. The molecule has 3 N–H and O–H groups in total. The predicted molar refractivity (Wildman–Crippen MR) is 107 cm³/mol. The highest BCUT2D eigenvalue weighted by atomic mass is 16.6. The Hall–Kier alpha value is -3.04. The molecule has 1 aromatic rings. The van der Waals surface area contributed by atoms with E-state index in [2.05, 4.69) is 5.32 Å². The van der Waals surface area contributed by atoms with E-state index in [0.29, 0.717) is 25.8 Å². The Bertz CT molecular complexity index is 759. The molecule has 1 atom stereocenters. The first-order valence-electron chi connectivity index (χ1n) is 9.25. The van der Waals surface area contributed by atoms with Gasteiger partial charge in [-0.1, -0.05) is 0 Å². The minimum atomic E-state index is -0.978. The van der Waals surface area contributed by atoms with Crippen molar-refractivity contribution in [3.05, 3.63) is 27.8 Å². The van der Waals surface area contributed by atoms with Crippen LogP contribution in [0.15, 0.2) is 12.1 Å². The van der Waals surface area contributed by atoms with Crippen molar-refractivity contribution in [2.45, 2.75) is 58.5 Å². The molecule has 0 aliphatic heterocycles. The average Bonchev–Trinajstić information content (AvgIpc) is 2.59. The minimum Gasteiger partial charge on any atom is -0.502 e. The molecule has 2 amide bonds. The van der Waals surface area contributed by atoms with E-state index in [1.165, 1.54) is 18.1 Å². The van der Waals surface area contributed by atoms with Crippen molar-refractivity contribution in [2.24, 2.45) is 0 Å². The van der Waals surface area contributed by atoms with Crippen molar-refractivity contribution in [3.8, 4) is 11.5 Å². The number of benzene rings is 1. The van der Waals surface area contributed by atoms with Crippen LogP contribution in [0.3, 0.4) is 0 Å². The van der Waals surface area contributed by atoms with Crippen LogP contribution >= 0.6 is 0 Å². The highest BCUT2D eigenvalue weighted by molar-refractivity contribution is 5.98. The Morgan fingerprint density at radius 3 is 2.41 bits per heavy atom. The third kappa shape index (κ3) is 6.81. The number of carbonyl (C=O) groups is 2. The molecule has 162 valence electrons. The van der Waals surface area contributed by atoms with Gasteiger partial charge in [-0.2, -0.15) is 0 Å². The van der Waals surface area contributed by atoms with Crippen LogP contribution in [0, 0.1) is 10.1 Å². The number of hydrogen-bond donors (Lipinski definition) is 3. The van der Waals surface area contributed by atoms with E-state index in [1.807, 2.05) is 20.8 Å². The van der Waals surface area contributed by atoms with Gasteiger partial charge >= 0.3 is 11.8 Å². The van der Waals surface area contributed by atoms with Crippen LogP contribution in [0.5, 0.6) is 11.5 Å². The normalized spacial score (nSPS) is 12.2. The standard InChI is InChI=1S/C19H29N3O7/c1-12(8-6-7-9-21(18(25)26)19(2,3)4)20-17(24)14-10-13(29-5)11-15(16(14)23)22(27)28/h10-12,23H,6-9H2,1-5H3,(H,20,24)(H,25,26). The number of ether oxygens (including phenoxy) is 1. The number of carboxylic acid groups (broad SMARTS) is 1. The molecule has 0 saturated carbocycles. The molecule has 0 aliphatic rings. The molecular formula is C19H29N3O7. The zero-order chi connectivity index (χ0) is 22.4. The average molecular weight is 411 g/mol. The summed E-state index contributed by atoms with van der Waals surface area (Å²) in [6, 6.07) is 2.00. The number of aromatic hydroxyl groups is 1. The van der Waals surface area contributed by atoms with Gasteiger partial charge in [-0.15, -0.1) is 0 Å². The van der Waals surface area contributed by atoms with E-state index in [1.54, 1.807) is 6.92 Å². The van der Waals surface area contributed by atoms with Crippen molar-refractivity contribution < 1.29 is 29.5 Å². The Balaban J connectivity index is 2.68. The molecule has 10 heteroatoms. The molecule has 0 aromatic heterocycles. The summed E-state index contributed by atoms with van der Waals surface area (Å²) in [4.78, 5) is 35.4. The van der Waals surface area contributed by atoms with Gasteiger partial charge in [-0.25, -0.2) is 4.79 Å². The van der Waals surface area contributed by atoms with E-state index in [9.17, 15) is 29.9 Å². The molecule has 0 bridgehead atoms. The van der Waals surface area contributed by atoms with Gasteiger partial charge in [0.1, 0.15) is 5.75 Å². The zero-order valence-corrected chi connectivity index (χ0v) is 17.4. The summed E-state index contributed by atoms with van der Waals surface area (Å²) in [5.74, 6) is -1.29. The Morgan fingerprint density at radius 2 is 1.93 bits per heavy atom. The Morgan fingerprint density at radius 1 is 1.31 bits per heavy atom. The maximum atomic E-state index is 12.4. The number of nitrogens with one attached hydrogen (secondary N) is 1. The molecule has 29 heavy (non-hydrogen) atoms. The number of rotatable bonds is 9. The number of phenolic OH excluding ortho intramolecular Hbond substituents is 1. The zero-order valence-electron chi connectivity index (χ0n) is 17.4. The lowest BCUT2D eigenvalue weighted by atomic mass is 10.0. The number of phenols is 1. The first kappa shape index (κ1) is 24.0. The van der Waals surface area contributed by atoms with Crippen LogP contribution < -0.4 is 10.1 Å². The van der Waals surface area contributed by atoms with Crippen LogP contribution in [-0.2, 0) is 0 Å². The van der Waals surface area contributed by atoms with Crippen LogP contribution in [0.4, 0.5) is 10.5 Å². The molecule has 1 aromatic carbocycles. The fourth-order valence-electron chi connectivity index (χ4n) is 2.84. The molecule has 0 saturated heterocycles. The van der Waals surface area contributed by atoms with Gasteiger partial charge in [0.05, 0.1) is 23.7 Å². The van der Waals surface area contributed by atoms with Gasteiger partial charge in [0, 0.05) is 18.1 Å². The molecule has 10 nitrogen and oxygen atoms in total. The first-order valence-corrected chi connectivity index (χ1v) is 9.25. The molecular weight excluding hydrogens is 382 g/mol. The SMILES string of the molecule is COc1cc(C(=O)NC(C)CCCCN(C(=O)O)C(C)(C)C)c(O)c([N+](=O)[O-])c1. The highest BCUT2D eigenvalue weighted by Gasteiger charge is 2.26. The number of methoxy groups -OCH3 is 1. The number of hydrogen-bond acceptors (Lipinski definition) is 6. The van der Waals surface area contributed by atoms with Crippen molar-refractivity contribution in [2.75, 3.05) is 13.7 Å². The summed E-state index contributed by atoms with van der Waals surface area (Å²) in [5.41, 5.74) is -1.35. The number of nitro groups is 1. The monoisotopic (exact) mass is 411 g/mol. The van der Waals surface area contributed by atoms with Crippen LogP contribution in [-0.4, -0.2) is 57.3 Å². The van der Waals surface area contributed by atoms with Crippen LogP contribution in [0.1, 0.15) is 57.3 Å². The summed E-state index contributed by atoms with van der Waals surface area (Å²) in [6.07, 6.45) is 0.899. The van der Waals surface area contributed by atoms with Crippen molar-refractivity contribution in [1.29, 1.82) is 0 Å². The lowest BCUT2D eigenvalue weighted by Crippen LogP contribution is -2.45. The molecule has 0 spiro atoms. The molecule has 0 fully saturated rings. The van der Waals surface area contributed by atoms with Gasteiger partial charge in [0.15, 0.2) is 0 Å². The quantitative estimate of drug-likeness (QED) is 0.321. The molecule has 1 rings (SSSR count). The second-order valence-electron chi connectivity index (χ2n) is 7.78. The van der Waals surface area contributed by atoms with Gasteiger partial charge < -0.3 is 25.2 Å². The van der Waals surface area contributed by atoms with E-state index in [4.69, 9.17) is 4.74 Å². The van der Waals surface area contributed by atoms with E-state index in [-0.39, 0.29) is 17.4 Å². The van der Waals surface area contributed by atoms with Gasteiger partial charge in [0.25, 0.3) is 5.91 Å². The van der Waals surface area contributed by atoms with Crippen LogP contribution in [0.25, 0.3) is 0 Å². The molecule has 0 heterocycles. The second-order valence-corrected chi connectivity index (χ2v) is 7.78. The number of nitro benzene ring substituents is 1.